The summed E-state index contributed by atoms with van der Waals surface area (Å²) < 4.78 is 6.29. The van der Waals surface area contributed by atoms with Crippen molar-refractivity contribution >= 4 is 33.8 Å². The molecule has 1 atom stereocenters. The minimum Gasteiger partial charge on any atom is -0.485 e. The average Bonchev–Trinajstić information content (AvgIpc) is 3.27. The molecule has 5 rings (SSSR count). The number of ether oxygens (including phenoxy) is 1. The van der Waals surface area contributed by atoms with Gasteiger partial charge in [0.25, 0.3) is 0 Å². The van der Waals surface area contributed by atoms with E-state index in [0.717, 1.165) is 39.0 Å². The molecule has 1 aliphatic rings. The first-order valence-corrected chi connectivity index (χ1v) is 11.3. The maximum Gasteiger partial charge on any atom is 0.203 e. The summed E-state index contributed by atoms with van der Waals surface area (Å²) in [7, 11) is 0. The Labute approximate surface area is 190 Å². The van der Waals surface area contributed by atoms with Crippen LogP contribution in [0.25, 0.3) is 11.3 Å². The lowest BCUT2D eigenvalue weighted by Gasteiger charge is -2.27. The van der Waals surface area contributed by atoms with Gasteiger partial charge in [0, 0.05) is 28.0 Å². The van der Waals surface area contributed by atoms with Crippen molar-refractivity contribution in [3.05, 3.63) is 99.9 Å². The zero-order chi connectivity index (χ0) is 21.2. The van der Waals surface area contributed by atoms with Crippen LogP contribution in [-0.4, -0.2) is 10.7 Å². The summed E-state index contributed by atoms with van der Waals surface area (Å²) in [5.74, 6) is 0.854. The molecule has 4 aromatic rings. The van der Waals surface area contributed by atoms with Gasteiger partial charge in [-0.2, -0.15) is 5.10 Å². The van der Waals surface area contributed by atoms with E-state index < -0.39 is 0 Å². The number of benzene rings is 3. The smallest absolute Gasteiger partial charge is 0.203 e. The van der Waals surface area contributed by atoms with Crippen LogP contribution in [0.2, 0.25) is 5.02 Å². The number of nitrogens with zero attached hydrogens (tertiary/aromatic N) is 2. The normalized spacial score (nSPS) is 16.6. The van der Waals surface area contributed by atoms with Gasteiger partial charge in [-0.15, -0.1) is 11.3 Å². The van der Waals surface area contributed by atoms with Crippen LogP contribution >= 0.6 is 22.9 Å². The van der Waals surface area contributed by atoms with Gasteiger partial charge in [-0.3, -0.25) is 5.43 Å². The molecule has 0 radical (unpaired) electrons. The number of hydrazone groups is 1. The monoisotopic (exact) mass is 445 g/mol. The maximum atomic E-state index is 6.29. The second-order valence-corrected chi connectivity index (χ2v) is 8.73. The first-order valence-electron chi connectivity index (χ1n) is 10.0. The Balaban J connectivity index is 1.43. The molecule has 1 aliphatic heterocycles. The summed E-state index contributed by atoms with van der Waals surface area (Å²) in [6, 6.07) is 24.2. The lowest BCUT2D eigenvalue weighted by molar-refractivity contribution is 0.206. The Hall–Kier alpha value is -3.15. The summed E-state index contributed by atoms with van der Waals surface area (Å²) in [5.41, 5.74) is 9.38. The summed E-state index contributed by atoms with van der Waals surface area (Å²) >= 11 is 7.52. The summed E-state index contributed by atoms with van der Waals surface area (Å²) in [6.07, 6.45) is 0.612. The summed E-state index contributed by atoms with van der Waals surface area (Å²) in [4.78, 5) is 4.67. The zero-order valence-electron chi connectivity index (χ0n) is 16.9. The fourth-order valence-corrected chi connectivity index (χ4v) is 4.39. The molecule has 2 heterocycles. The number of aromatic nitrogens is 1. The molecule has 0 saturated carbocycles. The van der Waals surface area contributed by atoms with Gasteiger partial charge in [0.2, 0.25) is 5.13 Å². The molecule has 0 aliphatic carbocycles. The molecule has 0 fully saturated rings. The Morgan fingerprint density at radius 1 is 1.06 bits per heavy atom. The number of nitrogens with one attached hydrogen (secondary N) is 1. The minimum atomic E-state index is -0.0714. The first kappa shape index (κ1) is 19.8. The van der Waals surface area contributed by atoms with Crippen molar-refractivity contribution in [2.45, 2.75) is 19.4 Å². The third-order valence-corrected chi connectivity index (χ3v) is 6.19. The lowest BCUT2D eigenvalue weighted by atomic mass is 9.94. The lowest BCUT2D eigenvalue weighted by Crippen LogP contribution is -2.22. The van der Waals surface area contributed by atoms with Gasteiger partial charge in [0.1, 0.15) is 11.9 Å². The van der Waals surface area contributed by atoms with Crippen molar-refractivity contribution in [1.82, 2.24) is 4.98 Å². The molecule has 3 aromatic carbocycles. The van der Waals surface area contributed by atoms with Crippen molar-refractivity contribution < 1.29 is 4.74 Å². The number of rotatable bonds is 4. The highest BCUT2D eigenvalue weighted by atomic mass is 35.5. The Morgan fingerprint density at radius 2 is 1.87 bits per heavy atom. The molecule has 0 saturated heterocycles. The molecular weight excluding hydrogens is 426 g/mol. The molecule has 1 aromatic heterocycles. The number of halogens is 1. The second kappa shape index (κ2) is 8.53. The maximum absolute atomic E-state index is 6.29. The predicted octanol–water partition coefficient (Wildman–Crippen LogP) is 7.11. The van der Waals surface area contributed by atoms with Gasteiger partial charge < -0.3 is 4.74 Å². The number of aryl methyl sites for hydroxylation is 1. The van der Waals surface area contributed by atoms with E-state index in [9.17, 15) is 0 Å². The van der Waals surface area contributed by atoms with Crippen LogP contribution < -0.4 is 10.2 Å². The Morgan fingerprint density at radius 3 is 2.68 bits per heavy atom. The summed E-state index contributed by atoms with van der Waals surface area (Å²) in [5, 5.41) is 8.22. The number of fused-ring (bicyclic) bond motifs is 1. The number of anilines is 1. The minimum absolute atomic E-state index is 0.0714. The van der Waals surface area contributed by atoms with Gasteiger partial charge in [0.15, 0.2) is 0 Å². The van der Waals surface area contributed by atoms with Crippen LogP contribution in [0.5, 0.6) is 5.75 Å². The number of thiazole rings is 1. The molecular formula is C25H20ClN3OS. The van der Waals surface area contributed by atoms with E-state index >= 15 is 0 Å². The highest BCUT2D eigenvalue weighted by molar-refractivity contribution is 7.14. The topological polar surface area (TPSA) is 46.5 Å². The molecule has 1 N–H and O–H groups in total. The largest absolute Gasteiger partial charge is 0.485 e. The van der Waals surface area contributed by atoms with Crippen LogP contribution in [0.3, 0.4) is 0 Å². The van der Waals surface area contributed by atoms with E-state index in [1.165, 1.54) is 16.9 Å². The van der Waals surface area contributed by atoms with E-state index in [1.807, 2.05) is 53.9 Å². The molecule has 154 valence electrons. The van der Waals surface area contributed by atoms with Crippen molar-refractivity contribution in [3.8, 4) is 17.0 Å². The van der Waals surface area contributed by atoms with E-state index in [1.54, 1.807) is 0 Å². The van der Waals surface area contributed by atoms with Crippen LogP contribution in [0, 0.1) is 6.92 Å². The van der Waals surface area contributed by atoms with Gasteiger partial charge in [-0.05, 0) is 36.8 Å². The van der Waals surface area contributed by atoms with E-state index in [4.69, 9.17) is 21.4 Å². The Kier molecular flexibility index (Phi) is 5.45. The molecule has 6 heteroatoms. The Bertz CT molecular complexity index is 1240. The van der Waals surface area contributed by atoms with Crippen molar-refractivity contribution in [2.24, 2.45) is 5.10 Å². The van der Waals surface area contributed by atoms with Gasteiger partial charge in [-0.25, -0.2) is 4.98 Å². The molecule has 31 heavy (non-hydrogen) atoms. The number of hydrogen-bond donors (Lipinski definition) is 1. The van der Waals surface area contributed by atoms with Crippen LogP contribution in [0.15, 0.2) is 83.3 Å². The van der Waals surface area contributed by atoms with Crippen molar-refractivity contribution in [2.75, 3.05) is 5.43 Å². The second-order valence-electron chi connectivity index (χ2n) is 7.44. The first-order chi connectivity index (χ1) is 15.2. The molecule has 0 unspecified atom stereocenters. The van der Waals surface area contributed by atoms with Gasteiger partial charge in [-0.1, -0.05) is 65.7 Å². The van der Waals surface area contributed by atoms with E-state index in [2.05, 4.69) is 41.6 Å². The molecule has 0 bridgehead atoms. The fourth-order valence-electron chi connectivity index (χ4n) is 3.61. The standard InChI is InChI=1S/C25H20ClN3OS/c1-16-7-12-23-20(13-16)21(14-24(30-23)18-5-3-2-4-6-18)28-29-25-27-22(15-31-25)17-8-10-19(26)11-9-17/h2-13,15,24H,14H2,1H3,(H,27,29)/b28-21+/t24-/m0/s1. The van der Waals surface area contributed by atoms with Crippen LogP contribution in [0.1, 0.15) is 29.2 Å². The quantitative estimate of drug-likeness (QED) is 0.340. The molecule has 0 amide bonds. The fraction of sp³-hybridized carbons (Fsp3) is 0.120. The number of hydrogen-bond acceptors (Lipinski definition) is 5. The summed E-state index contributed by atoms with van der Waals surface area (Å²) in [6.45, 7) is 2.08. The highest BCUT2D eigenvalue weighted by Gasteiger charge is 2.26. The third-order valence-electron chi connectivity index (χ3n) is 5.20. The molecule has 4 nitrogen and oxygen atoms in total. The predicted molar refractivity (Wildman–Crippen MR) is 128 cm³/mol. The van der Waals surface area contributed by atoms with Crippen LogP contribution in [-0.2, 0) is 0 Å². The van der Waals surface area contributed by atoms with Crippen molar-refractivity contribution in [3.63, 3.8) is 0 Å². The zero-order valence-corrected chi connectivity index (χ0v) is 18.5. The van der Waals surface area contributed by atoms with E-state index in [-0.39, 0.29) is 6.10 Å². The van der Waals surface area contributed by atoms with E-state index in [0.29, 0.717) is 11.4 Å². The van der Waals surface area contributed by atoms with Gasteiger partial charge >= 0.3 is 0 Å². The van der Waals surface area contributed by atoms with Crippen molar-refractivity contribution in [1.29, 1.82) is 0 Å². The van der Waals surface area contributed by atoms with Crippen LogP contribution in [0.4, 0.5) is 5.13 Å². The third kappa shape index (κ3) is 4.33. The SMILES string of the molecule is Cc1ccc2c(c1)/C(=N/Nc1nc(-c3ccc(Cl)cc3)cs1)C[C@@H](c1ccccc1)O2. The van der Waals surface area contributed by atoms with Gasteiger partial charge in [0.05, 0.1) is 11.4 Å². The average molecular weight is 446 g/mol. The highest BCUT2D eigenvalue weighted by Crippen LogP contribution is 2.36. The molecule has 0 spiro atoms.